The first-order chi connectivity index (χ1) is 11.7. The molecule has 2 unspecified atom stereocenters. The third-order valence-corrected chi connectivity index (χ3v) is 3.85. The SMILES string of the molecule is O=C(NC(CO)c1ccccc1)NC(CCCO)c1ccccc1. The number of urea groups is 1. The highest BCUT2D eigenvalue weighted by Crippen LogP contribution is 2.18. The van der Waals surface area contributed by atoms with E-state index < -0.39 is 6.04 Å². The van der Waals surface area contributed by atoms with Crippen LogP contribution in [0.5, 0.6) is 0 Å². The third kappa shape index (κ3) is 5.37. The Morgan fingerprint density at radius 3 is 1.83 bits per heavy atom. The molecular weight excluding hydrogens is 304 g/mol. The zero-order valence-electron chi connectivity index (χ0n) is 13.6. The van der Waals surface area contributed by atoms with Gasteiger partial charge in [0.2, 0.25) is 0 Å². The first-order valence-electron chi connectivity index (χ1n) is 8.13. The number of carbonyl (C=O) groups excluding carboxylic acids is 1. The van der Waals surface area contributed by atoms with Crippen LogP contribution >= 0.6 is 0 Å². The second-order valence-electron chi connectivity index (χ2n) is 5.59. The van der Waals surface area contributed by atoms with E-state index in [9.17, 15) is 9.90 Å². The van der Waals surface area contributed by atoms with Gasteiger partial charge in [0, 0.05) is 6.61 Å². The molecule has 2 rings (SSSR count). The van der Waals surface area contributed by atoms with Crippen LogP contribution in [0, 0.1) is 0 Å². The Bertz CT molecular complexity index is 605. The summed E-state index contributed by atoms with van der Waals surface area (Å²) in [7, 11) is 0. The Balaban J connectivity index is 2.01. The summed E-state index contributed by atoms with van der Waals surface area (Å²) in [6, 6.07) is 18.0. The van der Waals surface area contributed by atoms with Gasteiger partial charge in [-0.05, 0) is 24.0 Å². The van der Waals surface area contributed by atoms with Gasteiger partial charge in [-0.2, -0.15) is 0 Å². The molecule has 4 N–H and O–H groups in total. The van der Waals surface area contributed by atoms with Crippen molar-refractivity contribution in [2.24, 2.45) is 0 Å². The summed E-state index contributed by atoms with van der Waals surface area (Å²) in [5.41, 5.74) is 1.84. The fraction of sp³-hybridized carbons (Fsp3) is 0.316. The summed E-state index contributed by atoms with van der Waals surface area (Å²) >= 11 is 0. The number of rotatable bonds is 8. The molecule has 0 heterocycles. The quantitative estimate of drug-likeness (QED) is 0.601. The van der Waals surface area contributed by atoms with Gasteiger partial charge in [0.1, 0.15) is 0 Å². The zero-order valence-corrected chi connectivity index (χ0v) is 13.6. The number of aliphatic hydroxyl groups is 2. The second-order valence-corrected chi connectivity index (χ2v) is 5.59. The molecule has 0 saturated heterocycles. The third-order valence-electron chi connectivity index (χ3n) is 3.85. The molecule has 24 heavy (non-hydrogen) atoms. The van der Waals surface area contributed by atoms with Gasteiger partial charge >= 0.3 is 6.03 Å². The van der Waals surface area contributed by atoms with Crippen LogP contribution in [-0.2, 0) is 0 Å². The topological polar surface area (TPSA) is 81.6 Å². The lowest BCUT2D eigenvalue weighted by molar-refractivity contribution is 0.212. The van der Waals surface area contributed by atoms with E-state index in [0.29, 0.717) is 12.8 Å². The molecule has 5 nitrogen and oxygen atoms in total. The first kappa shape index (κ1) is 18.0. The molecule has 2 amide bonds. The van der Waals surface area contributed by atoms with Gasteiger partial charge < -0.3 is 20.8 Å². The number of benzene rings is 2. The highest BCUT2D eigenvalue weighted by atomic mass is 16.3. The van der Waals surface area contributed by atoms with Gasteiger partial charge in [-0.1, -0.05) is 60.7 Å². The summed E-state index contributed by atoms with van der Waals surface area (Å²) < 4.78 is 0. The van der Waals surface area contributed by atoms with Crippen LogP contribution in [0.4, 0.5) is 4.79 Å². The smallest absolute Gasteiger partial charge is 0.315 e. The predicted molar refractivity (Wildman–Crippen MR) is 93.4 cm³/mol. The van der Waals surface area contributed by atoms with Crippen molar-refractivity contribution < 1.29 is 15.0 Å². The predicted octanol–water partition coefficient (Wildman–Crippen LogP) is 2.53. The Kier molecular flexibility index (Phi) is 7.26. The molecule has 0 aliphatic rings. The lowest BCUT2D eigenvalue weighted by Gasteiger charge is -2.22. The van der Waals surface area contributed by atoms with Crippen molar-refractivity contribution in [3.8, 4) is 0 Å². The average Bonchev–Trinajstić information content (AvgIpc) is 2.64. The standard InChI is InChI=1S/C19H24N2O3/c22-13-7-12-17(15-8-3-1-4-9-15)20-19(24)21-18(14-23)16-10-5-2-6-11-16/h1-6,8-11,17-18,22-23H,7,12-14H2,(H2,20,21,24). The normalized spacial score (nSPS) is 13.1. The molecule has 2 aromatic carbocycles. The molecular formula is C19H24N2O3. The van der Waals surface area contributed by atoms with Crippen molar-refractivity contribution in [1.82, 2.24) is 10.6 Å². The molecule has 5 heteroatoms. The van der Waals surface area contributed by atoms with E-state index in [1.54, 1.807) is 0 Å². The van der Waals surface area contributed by atoms with Crippen molar-refractivity contribution in [2.75, 3.05) is 13.2 Å². The summed E-state index contributed by atoms with van der Waals surface area (Å²) in [5, 5.41) is 24.3. The second kappa shape index (κ2) is 9.70. The summed E-state index contributed by atoms with van der Waals surface area (Å²) in [6.07, 6.45) is 1.24. The lowest BCUT2D eigenvalue weighted by atomic mass is 10.0. The summed E-state index contributed by atoms with van der Waals surface area (Å²) in [6.45, 7) is -0.0972. The van der Waals surface area contributed by atoms with Gasteiger partial charge in [-0.15, -0.1) is 0 Å². The van der Waals surface area contributed by atoms with Crippen LogP contribution in [-0.4, -0.2) is 29.5 Å². The molecule has 0 saturated carbocycles. The Hall–Kier alpha value is -2.37. The molecule has 2 aromatic rings. The van der Waals surface area contributed by atoms with E-state index in [1.807, 2.05) is 60.7 Å². The van der Waals surface area contributed by atoms with Gasteiger partial charge in [-0.3, -0.25) is 0 Å². The summed E-state index contributed by atoms with van der Waals surface area (Å²) in [4.78, 5) is 12.3. The van der Waals surface area contributed by atoms with E-state index in [2.05, 4.69) is 10.6 Å². The van der Waals surface area contributed by atoms with Crippen LogP contribution in [0.2, 0.25) is 0 Å². The molecule has 2 atom stereocenters. The lowest BCUT2D eigenvalue weighted by Crippen LogP contribution is -2.41. The maximum atomic E-state index is 12.3. The van der Waals surface area contributed by atoms with Crippen molar-refractivity contribution in [3.63, 3.8) is 0 Å². The fourth-order valence-electron chi connectivity index (χ4n) is 2.58. The molecule has 0 aliphatic carbocycles. The minimum Gasteiger partial charge on any atom is -0.396 e. The van der Waals surface area contributed by atoms with Gasteiger partial charge in [-0.25, -0.2) is 4.79 Å². The van der Waals surface area contributed by atoms with Crippen molar-refractivity contribution in [1.29, 1.82) is 0 Å². The Morgan fingerprint density at radius 1 is 0.833 bits per heavy atom. The number of nitrogens with one attached hydrogen (secondary N) is 2. The van der Waals surface area contributed by atoms with Crippen molar-refractivity contribution in [2.45, 2.75) is 24.9 Å². The zero-order chi connectivity index (χ0) is 17.2. The number of carbonyl (C=O) groups is 1. The minimum absolute atomic E-state index is 0.0793. The Morgan fingerprint density at radius 2 is 1.33 bits per heavy atom. The highest BCUT2D eigenvalue weighted by Gasteiger charge is 2.17. The fourth-order valence-corrected chi connectivity index (χ4v) is 2.58. The van der Waals surface area contributed by atoms with Gasteiger partial charge in [0.15, 0.2) is 0 Å². The molecule has 128 valence electrons. The highest BCUT2D eigenvalue weighted by molar-refractivity contribution is 5.75. The average molecular weight is 328 g/mol. The molecule has 0 spiro atoms. The van der Waals surface area contributed by atoms with Crippen LogP contribution in [0.3, 0.4) is 0 Å². The molecule has 0 radical (unpaired) electrons. The first-order valence-corrected chi connectivity index (χ1v) is 8.13. The van der Waals surface area contributed by atoms with E-state index in [1.165, 1.54) is 0 Å². The van der Waals surface area contributed by atoms with Crippen LogP contribution in [0.15, 0.2) is 60.7 Å². The van der Waals surface area contributed by atoms with Gasteiger partial charge in [0.05, 0.1) is 18.7 Å². The number of amides is 2. The van der Waals surface area contributed by atoms with E-state index in [0.717, 1.165) is 11.1 Å². The maximum absolute atomic E-state index is 12.3. The van der Waals surface area contributed by atoms with Crippen LogP contribution < -0.4 is 10.6 Å². The van der Waals surface area contributed by atoms with E-state index in [-0.39, 0.29) is 25.3 Å². The number of hydrogen-bond acceptors (Lipinski definition) is 3. The van der Waals surface area contributed by atoms with Gasteiger partial charge in [0.25, 0.3) is 0 Å². The largest absolute Gasteiger partial charge is 0.396 e. The van der Waals surface area contributed by atoms with Crippen molar-refractivity contribution >= 4 is 6.03 Å². The molecule has 0 bridgehead atoms. The molecule has 0 aliphatic heterocycles. The van der Waals surface area contributed by atoms with Crippen LogP contribution in [0.25, 0.3) is 0 Å². The summed E-state index contributed by atoms with van der Waals surface area (Å²) in [5.74, 6) is 0. The molecule has 0 fully saturated rings. The van der Waals surface area contributed by atoms with Crippen molar-refractivity contribution in [3.05, 3.63) is 71.8 Å². The molecule has 0 aromatic heterocycles. The van der Waals surface area contributed by atoms with E-state index in [4.69, 9.17) is 5.11 Å². The number of hydrogen-bond donors (Lipinski definition) is 4. The monoisotopic (exact) mass is 328 g/mol. The maximum Gasteiger partial charge on any atom is 0.315 e. The Labute approximate surface area is 142 Å². The minimum atomic E-state index is -0.458. The number of aliphatic hydroxyl groups excluding tert-OH is 2. The van der Waals surface area contributed by atoms with E-state index >= 15 is 0 Å². The van der Waals surface area contributed by atoms with Crippen LogP contribution in [0.1, 0.15) is 36.1 Å².